The van der Waals surface area contributed by atoms with E-state index in [4.69, 9.17) is 11.5 Å². The van der Waals surface area contributed by atoms with Crippen molar-refractivity contribution in [2.24, 2.45) is 5.73 Å². The summed E-state index contributed by atoms with van der Waals surface area (Å²) in [5.41, 5.74) is 16.2. The highest BCUT2D eigenvalue weighted by molar-refractivity contribution is 7.89. The fourth-order valence-corrected chi connectivity index (χ4v) is 6.76. The Morgan fingerprint density at radius 1 is 1.19 bits per heavy atom. The first-order valence-corrected chi connectivity index (χ1v) is 12.3. The van der Waals surface area contributed by atoms with Gasteiger partial charge in [-0.3, -0.25) is 0 Å². The molecule has 1 fully saturated rings. The van der Waals surface area contributed by atoms with Crippen molar-refractivity contribution in [3.05, 3.63) is 36.2 Å². The maximum absolute atomic E-state index is 13.0. The molecule has 4 N–H and O–H groups in total. The monoisotopic (exact) mass is 455 g/mol. The summed E-state index contributed by atoms with van der Waals surface area (Å²) in [6.45, 7) is 7.72. The SMILES string of the molecule is CC(C)(C)N1Cc2cc(-c3cc(N4CCC[C@@H](N)C4)c4c(N)ncnn34)ccc2S1(=O)=O. The van der Waals surface area contributed by atoms with Crippen molar-refractivity contribution in [3.8, 4) is 11.3 Å². The lowest BCUT2D eigenvalue weighted by Gasteiger charge is -2.32. The Labute approximate surface area is 188 Å². The third-order valence-corrected chi connectivity index (χ3v) is 8.56. The number of nitrogens with zero attached hydrogens (tertiary/aromatic N) is 5. The van der Waals surface area contributed by atoms with Crippen molar-refractivity contribution in [1.82, 2.24) is 18.9 Å². The predicted octanol–water partition coefficient (Wildman–Crippen LogP) is 2.21. The molecule has 0 aliphatic carbocycles. The Hall–Kier alpha value is -2.69. The standard InChI is InChI=1S/C22H29N7O2S/c1-22(2,3)28-11-15-9-14(6-7-19(15)32(28,30)31)17-10-18(27-8-4-5-16(23)12-27)20-21(24)25-13-26-29(17)20/h6-7,9-10,13,16H,4-5,8,11-12,23H2,1-3H3,(H2,24,25,26)/t16-/m1/s1. The molecule has 4 heterocycles. The summed E-state index contributed by atoms with van der Waals surface area (Å²) in [6, 6.07) is 7.66. The van der Waals surface area contributed by atoms with E-state index >= 15 is 0 Å². The normalized spacial score (nSPS) is 21.2. The van der Waals surface area contributed by atoms with E-state index in [0.29, 0.717) is 17.3 Å². The van der Waals surface area contributed by atoms with Crippen LogP contribution in [0.2, 0.25) is 0 Å². The molecule has 170 valence electrons. The van der Waals surface area contributed by atoms with Crippen LogP contribution in [-0.4, -0.2) is 52.0 Å². The molecule has 0 unspecified atom stereocenters. The lowest BCUT2D eigenvalue weighted by Crippen LogP contribution is -2.42. The summed E-state index contributed by atoms with van der Waals surface area (Å²) in [4.78, 5) is 6.82. The number of hydrogen-bond acceptors (Lipinski definition) is 7. The highest BCUT2D eigenvalue weighted by Gasteiger charge is 2.41. The molecular weight excluding hydrogens is 426 g/mol. The van der Waals surface area contributed by atoms with Crippen LogP contribution in [0.1, 0.15) is 39.2 Å². The highest BCUT2D eigenvalue weighted by atomic mass is 32.2. The smallest absolute Gasteiger partial charge is 0.244 e. The third kappa shape index (κ3) is 3.25. The van der Waals surface area contributed by atoms with E-state index in [1.165, 1.54) is 6.33 Å². The summed E-state index contributed by atoms with van der Waals surface area (Å²) in [7, 11) is -3.51. The minimum absolute atomic E-state index is 0.113. The van der Waals surface area contributed by atoms with E-state index in [-0.39, 0.29) is 6.04 Å². The molecule has 1 atom stereocenters. The van der Waals surface area contributed by atoms with Gasteiger partial charge in [0.05, 0.1) is 16.3 Å². The van der Waals surface area contributed by atoms with Gasteiger partial charge in [0.15, 0.2) is 5.82 Å². The molecule has 2 aromatic heterocycles. The molecule has 9 nitrogen and oxygen atoms in total. The molecule has 32 heavy (non-hydrogen) atoms. The molecule has 2 aliphatic heterocycles. The lowest BCUT2D eigenvalue weighted by atomic mass is 10.0. The van der Waals surface area contributed by atoms with Crippen LogP contribution < -0.4 is 16.4 Å². The highest BCUT2D eigenvalue weighted by Crippen LogP contribution is 2.40. The first kappa shape index (κ1) is 21.2. The average Bonchev–Trinajstić information content (AvgIpc) is 3.24. The van der Waals surface area contributed by atoms with Crippen molar-refractivity contribution >= 4 is 27.0 Å². The van der Waals surface area contributed by atoms with Gasteiger partial charge in [0.1, 0.15) is 11.8 Å². The number of rotatable bonds is 2. The summed E-state index contributed by atoms with van der Waals surface area (Å²) in [6.07, 6.45) is 3.46. The van der Waals surface area contributed by atoms with Crippen LogP contribution in [0.4, 0.5) is 11.5 Å². The molecule has 10 heteroatoms. The molecule has 0 spiro atoms. The van der Waals surface area contributed by atoms with Gasteiger partial charge in [-0.1, -0.05) is 6.07 Å². The van der Waals surface area contributed by atoms with E-state index in [9.17, 15) is 8.42 Å². The molecule has 1 aromatic carbocycles. The van der Waals surface area contributed by atoms with Crippen molar-refractivity contribution in [3.63, 3.8) is 0 Å². The number of anilines is 2. The summed E-state index contributed by atoms with van der Waals surface area (Å²) in [5, 5.41) is 4.47. The minimum atomic E-state index is -3.51. The van der Waals surface area contributed by atoms with Crippen molar-refractivity contribution in [1.29, 1.82) is 0 Å². The van der Waals surface area contributed by atoms with E-state index in [1.54, 1.807) is 14.9 Å². The van der Waals surface area contributed by atoms with Gasteiger partial charge in [0, 0.05) is 36.8 Å². The van der Waals surface area contributed by atoms with E-state index in [1.807, 2.05) is 32.9 Å². The van der Waals surface area contributed by atoms with Gasteiger partial charge in [-0.2, -0.15) is 9.40 Å². The molecule has 0 bridgehead atoms. The second-order valence-electron chi connectivity index (χ2n) is 9.67. The lowest BCUT2D eigenvalue weighted by molar-refractivity contribution is 0.252. The van der Waals surface area contributed by atoms with E-state index in [0.717, 1.165) is 54.0 Å². The third-order valence-electron chi connectivity index (χ3n) is 6.35. The number of aromatic nitrogens is 3. The van der Waals surface area contributed by atoms with Crippen LogP contribution in [0.3, 0.4) is 0 Å². The van der Waals surface area contributed by atoms with E-state index < -0.39 is 15.6 Å². The van der Waals surface area contributed by atoms with Crippen molar-refractivity contribution in [2.75, 3.05) is 23.7 Å². The second kappa shape index (κ2) is 7.16. The number of piperidine rings is 1. The Balaban J connectivity index is 1.64. The van der Waals surface area contributed by atoms with Gasteiger partial charge in [0.25, 0.3) is 0 Å². The molecule has 0 amide bonds. The number of nitrogen functional groups attached to an aromatic ring is 1. The molecular formula is C22H29N7O2S. The number of hydrogen-bond donors (Lipinski definition) is 2. The molecule has 3 aromatic rings. The maximum atomic E-state index is 13.0. The summed E-state index contributed by atoms with van der Waals surface area (Å²) in [5.74, 6) is 0.406. The Morgan fingerprint density at radius 2 is 1.97 bits per heavy atom. The molecule has 5 rings (SSSR count). The van der Waals surface area contributed by atoms with Gasteiger partial charge in [-0.25, -0.2) is 17.9 Å². The van der Waals surface area contributed by atoms with Crippen LogP contribution in [0.5, 0.6) is 0 Å². The zero-order valence-electron chi connectivity index (χ0n) is 18.6. The fourth-order valence-electron chi connectivity index (χ4n) is 4.79. The van der Waals surface area contributed by atoms with Gasteiger partial charge in [-0.05, 0) is 57.4 Å². The maximum Gasteiger partial charge on any atom is 0.244 e. The predicted molar refractivity (Wildman–Crippen MR) is 125 cm³/mol. The number of fused-ring (bicyclic) bond motifs is 2. The number of nitrogens with two attached hydrogens (primary N) is 2. The number of benzene rings is 1. The fraction of sp³-hybridized carbons (Fsp3) is 0.455. The zero-order chi connectivity index (χ0) is 22.8. The molecule has 1 saturated heterocycles. The number of sulfonamides is 1. The molecule has 2 aliphatic rings. The van der Waals surface area contributed by atoms with Gasteiger partial charge in [-0.15, -0.1) is 0 Å². The Bertz CT molecular complexity index is 1310. The summed E-state index contributed by atoms with van der Waals surface area (Å²) >= 11 is 0. The zero-order valence-corrected chi connectivity index (χ0v) is 19.4. The first-order chi connectivity index (χ1) is 15.1. The quantitative estimate of drug-likeness (QED) is 0.607. The van der Waals surface area contributed by atoms with Crippen LogP contribution in [0.25, 0.3) is 16.8 Å². The Morgan fingerprint density at radius 3 is 2.69 bits per heavy atom. The van der Waals surface area contributed by atoms with Gasteiger partial charge >= 0.3 is 0 Å². The largest absolute Gasteiger partial charge is 0.382 e. The topological polar surface area (TPSA) is 123 Å². The second-order valence-corrected chi connectivity index (χ2v) is 11.5. The van der Waals surface area contributed by atoms with Gasteiger partial charge < -0.3 is 16.4 Å². The van der Waals surface area contributed by atoms with Crippen LogP contribution in [0.15, 0.2) is 35.5 Å². The van der Waals surface area contributed by atoms with E-state index in [2.05, 4.69) is 21.0 Å². The molecule has 0 saturated carbocycles. The first-order valence-electron chi connectivity index (χ1n) is 10.9. The summed E-state index contributed by atoms with van der Waals surface area (Å²) < 4.78 is 29.4. The van der Waals surface area contributed by atoms with Gasteiger partial charge in [0.2, 0.25) is 10.0 Å². The minimum Gasteiger partial charge on any atom is -0.382 e. The average molecular weight is 456 g/mol. The Kier molecular flexibility index (Phi) is 4.74. The van der Waals surface area contributed by atoms with Crippen molar-refractivity contribution < 1.29 is 8.42 Å². The van der Waals surface area contributed by atoms with Crippen molar-refractivity contribution in [2.45, 2.75) is 56.6 Å². The van der Waals surface area contributed by atoms with Crippen LogP contribution >= 0.6 is 0 Å². The van der Waals surface area contributed by atoms with Crippen LogP contribution in [-0.2, 0) is 16.6 Å². The molecule has 0 radical (unpaired) electrons. The van der Waals surface area contributed by atoms with Crippen LogP contribution in [0, 0.1) is 0 Å².